The highest BCUT2D eigenvalue weighted by Gasteiger charge is 2.15. The van der Waals surface area contributed by atoms with Crippen LogP contribution in [-0.4, -0.2) is 42.7 Å². The Labute approximate surface area is 114 Å². The van der Waals surface area contributed by atoms with E-state index in [1.165, 1.54) is 5.56 Å². The molecule has 2 N–H and O–H groups in total. The molecule has 0 saturated heterocycles. The number of rotatable bonds is 6. The van der Waals surface area contributed by atoms with Crippen molar-refractivity contribution >= 4 is 11.6 Å². The number of hydrogen-bond acceptors (Lipinski definition) is 3. The van der Waals surface area contributed by atoms with Gasteiger partial charge >= 0.3 is 0 Å². The normalized spacial score (nSPS) is 12.9. The lowest BCUT2D eigenvalue weighted by Gasteiger charge is -2.17. The van der Waals surface area contributed by atoms with E-state index in [1.54, 1.807) is 4.90 Å². The molecule has 0 atom stereocenters. The third kappa shape index (κ3) is 3.47. The molecule has 19 heavy (non-hydrogen) atoms. The quantitative estimate of drug-likeness (QED) is 0.770. The average molecular weight is 262 g/mol. The standard InChI is InChI=1S/C15H22N2O2/c1-17(9-3-2-4-10-18)15(19)13-5-6-14-12(11-13)7-8-16-14/h5-6,11,16,18H,2-4,7-10H2,1H3. The van der Waals surface area contributed by atoms with Gasteiger partial charge in [-0.25, -0.2) is 0 Å². The summed E-state index contributed by atoms with van der Waals surface area (Å²) >= 11 is 0. The fourth-order valence-electron chi connectivity index (χ4n) is 2.40. The van der Waals surface area contributed by atoms with Gasteiger partial charge in [0.2, 0.25) is 0 Å². The minimum Gasteiger partial charge on any atom is -0.396 e. The zero-order valence-electron chi connectivity index (χ0n) is 11.5. The molecule has 0 spiro atoms. The van der Waals surface area contributed by atoms with Gasteiger partial charge in [-0.05, 0) is 49.4 Å². The van der Waals surface area contributed by atoms with Crippen LogP contribution in [0.3, 0.4) is 0 Å². The molecular formula is C15H22N2O2. The van der Waals surface area contributed by atoms with Crippen molar-refractivity contribution in [3.8, 4) is 0 Å². The lowest BCUT2D eigenvalue weighted by molar-refractivity contribution is 0.0792. The first-order valence-corrected chi connectivity index (χ1v) is 6.95. The molecule has 0 radical (unpaired) electrons. The summed E-state index contributed by atoms with van der Waals surface area (Å²) < 4.78 is 0. The van der Waals surface area contributed by atoms with Gasteiger partial charge in [-0.1, -0.05) is 0 Å². The molecule has 0 aliphatic carbocycles. The minimum absolute atomic E-state index is 0.0821. The lowest BCUT2D eigenvalue weighted by atomic mass is 10.1. The van der Waals surface area contributed by atoms with Crippen molar-refractivity contribution in [1.29, 1.82) is 0 Å². The van der Waals surface area contributed by atoms with E-state index in [-0.39, 0.29) is 12.5 Å². The summed E-state index contributed by atoms with van der Waals surface area (Å²) in [6.07, 6.45) is 3.71. The van der Waals surface area contributed by atoms with Crippen molar-refractivity contribution in [2.75, 3.05) is 32.1 Å². The van der Waals surface area contributed by atoms with Gasteiger partial charge in [-0.15, -0.1) is 0 Å². The number of unbranched alkanes of at least 4 members (excludes halogenated alkanes) is 2. The number of aliphatic hydroxyl groups is 1. The topological polar surface area (TPSA) is 52.6 Å². The van der Waals surface area contributed by atoms with E-state index in [0.717, 1.165) is 50.0 Å². The molecule has 1 aromatic carbocycles. The van der Waals surface area contributed by atoms with Crippen LogP contribution < -0.4 is 5.32 Å². The van der Waals surface area contributed by atoms with Gasteiger partial charge in [0.25, 0.3) is 5.91 Å². The predicted octanol–water partition coefficient (Wildman–Crippen LogP) is 1.89. The molecular weight excluding hydrogens is 240 g/mol. The second-order valence-corrected chi connectivity index (χ2v) is 5.06. The summed E-state index contributed by atoms with van der Waals surface area (Å²) in [5, 5.41) is 12.0. The Morgan fingerprint density at radius 2 is 2.21 bits per heavy atom. The maximum Gasteiger partial charge on any atom is 0.253 e. The first-order chi connectivity index (χ1) is 9.22. The minimum atomic E-state index is 0.0821. The largest absolute Gasteiger partial charge is 0.396 e. The first kappa shape index (κ1) is 13.9. The number of fused-ring (bicyclic) bond motifs is 1. The summed E-state index contributed by atoms with van der Waals surface area (Å²) in [4.78, 5) is 14.0. The van der Waals surface area contributed by atoms with Crippen LogP contribution in [0.25, 0.3) is 0 Å². The second kappa shape index (κ2) is 6.57. The van der Waals surface area contributed by atoms with Crippen molar-refractivity contribution in [3.05, 3.63) is 29.3 Å². The van der Waals surface area contributed by atoms with Gasteiger partial charge in [-0.3, -0.25) is 4.79 Å². The number of hydrogen-bond donors (Lipinski definition) is 2. The second-order valence-electron chi connectivity index (χ2n) is 5.06. The fourth-order valence-corrected chi connectivity index (χ4v) is 2.40. The van der Waals surface area contributed by atoms with Crippen molar-refractivity contribution in [2.24, 2.45) is 0 Å². The SMILES string of the molecule is CN(CCCCCO)C(=O)c1ccc2c(c1)CCN2. The summed E-state index contributed by atoms with van der Waals surface area (Å²) in [5.41, 5.74) is 3.16. The molecule has 0 bridgehead atoms. The molecule has 1 aromatic rings. The molecule has 0 saturated carbocycles. The van der Waals surface area contributed by atoms with Crippen LogP contribution in [0.1, 0.15) is 35.2 Å². The van der Waals surface area contributed by atoms with E-state index in [2.05, 4.69) is 5.32 Å². The van der Waals surface area contributed by atoms with Crippen LogP contribution in [0.15, 0.2) is 18.2 Å². The van der Waals surface area contributed by atoms with Crippen molar-refractivity contribution in [3.63, 3.8) is 0 Å². The summed E-state index contributed by atoms with van der Waals surface area (Å²) in [5.74, 6) is 0.0821. The molecule has 4 heteroatoms. The molecule has 0 unspecified atom stereocenters. The van der Waals surface area contributed by atoms with Gasteiger partial charge < -0.3 is 15.3 Å². The van der Waals surface area contributed by atoms with Crippen LogP contribution in [0.4, 0.5) is 5.69 Å². The van der Waals surface area contributed by atoms with Crippen LogP contribution in [-0.2, 0) is 6.42 Å². The van der Waals surface area contributed by atoms with Crippen LogP contribution in [0, 0.1) is 0 Å². The molecule has 4 nitrogen and oxygen atoms in total. The van der Waals surface area contributed by atoms with Gasteiger partial charge in [-0.2, -0.15) is 0 Å². The molecule has 2 rings (SSSR count). The van der Waals surface area contributed by atoms with E-state index in [4.69, 9.17) is 5.11 Å². The van der Waals surface area contributed by atoms with E-state index in [9.17, 15) is 4.79 Å². The molecule has 0 aromatic heterocycles. The van der Waals surface area contributed by atoms with E-state index in [0.29, 0.717) is 0 Å². The number of carbonyl (C=O) groups excluding carboxylic acids is 1. The zero-order chi connectivity index (χ0) is 13.7. The Hall–Kier alpha value is -1.55. The molecule has 1 aliphatic rings. The van der Waals surface area contributed by atoms with Gasteiger partial charge in [0, 0.05) is 38.0 Å². The number of carbonyl (C=O) groups is 1. The molecule has 104 valence electrons. The Morgan fingerprint density at radius 1 is 1.37 bits per heavy atom. The maximum atomic E-state index is 12.3. The number of nitrogens with zero attached hydrogens (tertiary/aromatic N) is 1. The van der Waals surface area contributed by atoms with Crippen molar-refractivity contribution in [1.82, 2.24) is 4.90 Å². The van der Waals surface area contributed by atoms with Crippen molar-refractivity contribution in [2.45, 2.75) is 25.7 Å². The molecule has 1 aliphatic heterocycles. The Morgan fingerprint density at radius 3 is 3.00 bits per heavy atom. The van der Waals surface area contributed by atoms with Gasteiger partial charge in [0.05, 0.1) is 0 Å². The van der Waals surface area contributed by atoms with Gasteiger partial charge in [0.1, 0.15) is 0 Å². The van der Waals surface area contributed by atoms with Crippen LogP contribution >= 0.6 is 0 Å². The summed E-state index contributed by atoms with van der Waals surface area (Å²) in [6.45, 7) is 1.94. The summed E-state index contributed by atoms with van der Waals surface area (Å²) in [6, 6.07) is 5.89. The van der Waals surface area contributed by atoms with Crippen LogP contribution in [0.5, 0.6) is 0 Å². The fraction of sp³-hybridized carbons (Fsp3) is 0.533. The highest BCUT2D eigenvalue weighted by Crippen LogP contribution is 2.23. The smallest absolute Gasteiger partial charge is 0.253 e. The number of nitrogens with one attached hydrogen (secondary N) is 1. The van der Waals surface area contributed by atoms with Gasteiger partial charge in [0.15, 0.2) is 0 Å². The van der Waals surface area contributed by atoms with Crippen molar-refractivity contribution < 1.29 is 9.90 Å². The number of amides is 1. The third-order valence-electron chi connectivity index (χ3n) is 3.56. The van der Waals surface area contributed by atoms with E-state index in [1.807, 2.05) is 25.2 Å². The molecule has 0 fully saturated rings. The number of anilines is 1. The molecule has 1 amide bonds. The predicted molar refractivity (Wildman–Crippen MR) is 76.5 cm³/mol. The first-order valence-electron chi connectivity index (χ1n) is 6.95. The Kier molecular flexibility index (Phi) is 4.80. The Bertz CT molecular complexity index is 446. The molecule has 1 heterocycles. The summed E-state index contributed by atoms with van der Waals surface area (Å²) in [7, 11) is 1.84. The highest BCUT2D eigenvalue weighted by atomic mass is 16.2. The van der Waals surface area contributed by atoms with Crippen LogP contribution in [0.2, 0.25) is 0 Å². The average Bonchev–Trinajstić information content (AvgIpc) is 2.89. The number of aliphatic hydroxyl groups excluding tert-OH is 1. The zero-order valence-corrected chi connectivity index (χ0v) is 11.5. The maximum absolute atomic E-state index is 12.3. The third-order valence-corrected chi connectivity index (χ3v) is 3.56. The Balaban J connectivity index is 1.91. The lowest BCUT2D eigenvalue weighted by Crippen LogP contribution is -2.27. The highest BCUT2D eigenvalue weighted by molar-refractivity contribution is 5.94. The van der Waals surface area contributed by atoms with E-state index < -0.39 is 0 Å². The monoisotopic (exact) mass is 262 g/mol. The number of benzene rings is 1. The van der Waals surface area contributed by atoms with E-state index >= 15 is 0 Å².